The van der Waals surface area contributed by atoms with E-state index < -0.39 is 6.10 Å². The van der Waals surface area contributed by atoms with Crippen LogP contribution in [-0.4, -0.2) is 65.9 Å². The van der Waals surface area contributed by atoms with Crippen LogP contribution in [0.1, 0.15) is 23.7 Å². The predicted molar refractivity (Wildman–Crippen MR) is 138 cm³/mol. The van der Waals surface area contributed by atoms with Crippen molar-refractivity contribution in [2.45, 2.75) is 32.9 Å². The van der Waals surface area contributed by atoms with E-state index in [9.17, 15) is 5.11 Å². The molecule has 35 heavy (non-hydrogen) atoms. The second kappa shape index (κ2) is 13.8. The van der Waals surface area contributed by atoms with Crippen LogP contribution < -0.4 is 4.74 Å². The van der Waals surface area contributed by atoms with Crippen LogP contribution >= 0.6 is 0 Å². The zero-order valence-electron chi connectivity index (χ0n) is 21.0. The molecule has 7 nitrogen and oxygen atoms in total. The third-order valence-electron chi connectivity index (χ3n) is 5.60. The van der Waals surface area contributed by atoms with E-state index in [2.05, 4.69) is 25.3 Å². The number of rotatable bonds is 15. The first-order valence-corrected chi connectivity index (χ1v) is 12.0. The molecule has 0 spiro atoms. The van der Waals surface area contributed by atoms with Gasteiger partial charge in [-0.05, 0) is 37.6 Å². The maximum Gasteiger partial charge on any atom is 0.227 e. The first kappa shape index (κ1) is 26.6. The highest BCUT2D eigenvalue weighted by atomic mass is 16.5. The lowest BCUT2D eigenvalue weighted by Gasteiger charge is -2.25. The summed E-state index contributed by atoms with van der Waals surface area (Å²) >= 11 is 0. The Balaban J connectivity index is 1.96. The van der Waals surface area contributed by atoms with Gasteiger partial charge in [0.05, 0.1) is 42.9 Å². The monoisotopic (exact) mass is 479 g/mol. The van der Waals surface area contributed by atoms with Crippen molar-refractivity contribution in [3.63, 3.8) is 0 Å². The number of para-hydroxylation sites is 1. The van der Waals surface area contributed by atoms with Gasteiger partial charge in [-0.3, -0.25) is 4.90 Å². The molecule has 1 aromatic heterocycles. The summed E-state index contributed by atoms with van der Waals surface area (Å²) in [6.45, 7) is 10.6. The normalized spacial score (nSPS) is 12.1. The Hall–Kier alpha value is -2.97. The number of aliphatic hydroxyl groups excluding tert-OH is 1. The lowest BCUT2D eigenvalue weighted by atomic mass is 10.1. The van der Waals surface area contributed by atoms with Crippen LogP contribution in [-0.2, 0) is 22.4 Å². The molecule has 0 saturated heterocycles. The average Bonchev–Trinajstić information content (AvgIpc) is 3.21. The van der Waals surface area contributed by atoms with Crippen molar-refractivity contribution >= 4 is 0 Å². The van der Waals surface area contributed by atoms with Gasteiger partial charge in [-0.25, -0.2) is 4.68 Å². The van der Waals surface area contributed by atoms with Crippen molar-refractivity contribution in [2.75, 3.05) is 40.0 Å². The largest absolute Gasteiger partial charge is 0.439 e. The van der Waals surface area contributed by atoms with Crippen LogP contribution in [0.25, 0.3) is 5.69 Å². The van der Waals surface area contributed by atoms with Gasteiger partial charge in [0.2, 0.25) is 5.88 Å². The van der Waals surface area contributed by atoms with Crippen molar-refractivity contribution in [3.8, 4) is 17.3 Å². The number of ether oxygens (including phenoxy) is 3. The topological polar surface area (TPSA) is 69.0 Å². The minimum absolute atomic E-state index is 0.242. The molecule has 0 bridgehead atoms. The summed E-state index contributed by atoms with van der Waals surface area (Å²) in [5.74, 6) is 1.43. The molecule has 0 amide bonds. The Morgan fingerprint density at radius 3 is 2.54 bits per heavy atom. The third-order valence-corrected chi connectivity index (χ3v) is 5.60. The number of aliphatic hydroxyl groups is 1. The summed E-state index contributed by atoms with van der Waals surface area (Å²) in [7, 11) is 1.68. The van der Waals surface area contributed by atoms with Crippen molar-refractivity contribution in [2.24, 2.45) is 0 Å². The maximum absolute atomic E-state index is 10.6. The highest BCUT2D eigenvalue weighted by Crippen LogP contribution is 2.32. The smallest absolute Gasteiger partial charge is 0.227 e. The van der Waals surface area contributed by atoms with Gasteiger partial charge in [-0.15, -0.1) is 6.58 Å². The van der Waals surface area contributed by atoms with Gasteiger partial charge >= 0.3 is 0 Å². The van der Waals surface area contributed by atoms with Crippen LogP contribution in [0.4, 0.5) is 0 Å². The number of benzene rings is 2. The molecule has 2 aromatic carbocycles. The van der Waals surface area contributed by atoms with Gasteiger partial charge in [-0.1, -0.05) is 48.9 Å². The van der Waals surface area contributed by atoms with E-state index in [0.717, 1.165) is 29.1 Å². The van der Waals surface area contributed by atoms with Crippen LogP contribution in [0.15, 0.2) is 67.3 Å². The van der Waals surface area contributed by atoms with E-state index in [4.69, 9.17) is 19.3 Å². The fourth-order valence-electron chi connectivity index (χ4n) is 3.80. The van der Waals surface area contributed by atoms with Crippen molar-refractivity contribution < 1.29 is 19.3 Å². The van der Waals surface area contributed by atoms with Gasteiger partial charge in [-0.2, -0.15) is 5.10 Å². The highest BCUT2D eigenvalue weighted by molar-refractivity contribution is 5.44. The molecule has 7 heteroatoms. The van der Waals surface area contributed by atoms with Crippen LogP contribution in [0.2, 0.25) is 0 Å². The molecule has 0 aliphatic carbocycles. The Bertz CT molecular complexity index is 1030. The average molecular weight is 480 g/mol. The molecular weight excluding hydrogens is 442 g/mol. The van der Waals surface area contributed by atoms with Gasteiger partial charge in [0.25, 0.3) is 0 Å². The van der Waals surface area contributed by atoms with E-state index in [0.29, 0.717) is 38.7 Å². The number of hydrogen-bond acceptors (Lipinski definition) is 6. The minimum atomic E-state index is -0.637. The fraction of sp³-hybridized carbons (Fsp3) is 0.393. The Kier molecular flexibility index (Phi) is 10.5. The molecule has 3 aromatic rings. The molecular formula is C28H37N3O4. The first-order chi connectivity index (χ1) is 17.0. The molecule has 0 saturated carbocycles. The first-order valence-electron chi connectivity index (χ1n) is 12.0. The second-order valence-corrected chi connectivity index (χ2v) is 8.45. The number of aryl methyl sites for hydroxylation is 2. The molecule has 1 N–H and O–H groups in total. The highest BCUT2D eigenvalue weighted by Gasteiger charge is 2.23. The summed E-state index contributed by atoms with van der Waals surface area (Å²) in [5, 5.41) is 15.5. The molecule has 0 aliphatic heterocycles. The fourth-order valence-corrected chi connectivity index (χ4v) is 3.80. The molecule has 0 unspecified atom stereocenters. The lowest BCUT2D eigenvalue weighted by molar-refractivity contribution is 0.0192. The molecule has 3 rings (SSSR count). The number of hydrogen-bond donors (Lipinski definition) is 1. The minimum Gasteiger partial charge on any atom is -0.439 e. The van der Waals surface area contributed by atoms with Crippen molar-refractivity contribution in [1.29, 1.82) is 0 Å². The van der Waals surface area contributed by atoms with Crippen molar-refractivity contribution in [1.82, 2.24) is 14.7 Å². The molecule has 1 heterocycles. The summed E-state index contributed by atoms with van der Waals surface area (Å²) in [4.78, 5) is 2.15. The van der Waals surface area contributed by atoms with Crippen LogP contribution in [0, 0.1) is 6.92 Å². The van der Waals surface area contributed by atoms with Crippen LogP contribution in [0.3, 0.4) is 0 Å². The maximum atomic E-state index is 10.6. The predicted octanol–water partition coefficient (Wildman–Crippen LogP) is 4.55. The van der Waals surface area contributed by atoms with E-state index >= 15 is 0 Å². The molecule has 1 atom stereocenters. The van der Waals surface area contributed by atoms with Gasteiger partial charge in [0, 0.05) is 26.7 Å². The number of nitrogens with zero attached hydrogens (tertiary/aromatic N) is 3. The number of aromatic nitrogens is 2. The summed E-state index contributed by atoms with van der Waals surface area (Å²) < 4.78 is 19.1. The third kappa shape index (κ3) is 7.77. The molecule has 188 valence electrons. The quantitative estimate of drug-likeness (QED) is 0.255. The standard InChI is InChI=1S/C28H37N3O4/c1-5-17-34-21-24(32)19-30(16-18-33-4)20-26-27(6-2)29-31(23-10-8-7-9-11-23)28(26)35-25-14-12-22(3)13-15-25/h5,7-15,24,32H,1,6,16-21H2,2-4H3/t24-/m0/s1. The molecule has 0 aliphatic rings. The van der Waals surface area contributed by atoms with Crippen molar-refractivity contribution in [3.05, 3.63) is 84.1 Å². The zero-order chi connectivity index (χ0) is 25.0. The zero-order valence-corrected chi connectivity index (χ0v) is 21.0. The summed E-state index contributed by atoms with van der Waals surface area (Å²) in [5.41, 5.74) is 4.04. The van der Waals surface area contributed by atoms with Gasteiger partial charge in [0.15, 0.2) is 0 Å². The lowest BCUT2D eigenvalue weighted by Crippen LogP contribution is -2.36. The van der Waals surface area contributed by atoms with Crippen LogP contribution in [0.5, 0.6) is 11.6 Å². The van der Waals surface area contributed by atoms with E-state index in [1.54, 1.807) is 13.2 Å². The van der Waals surface area contributed by atoms with E-state index in [-0.39, 0.29) is 6.61 Å². The Labute approximate surface area is 208 Å². The summed E-state index contributed by atoms with van der Waals surface area (Å²) in [6, 6.07) is 18.0. The molecule has 0 fully saturated rings. The Morgan fingerprint density at radius 2 is 1.89 bits per heavy atom. The number of methoxy groups -OCH3 is 1. The Morgan fingerprint density at radius 1 is 1.14 bits per heavy atom. The summed E-state index contributed by atoms with van der Waals surface area (Å²) in [6.07, 6.45) is 1.79. The van der Waals surface area contributed by atoms with Gasteiger partial charge < -0.3 is 19.3 Å². The molecule has 0 radical (unpaired) electrons. The van der Waals surface area contributed by atoms with Gasteiger partial charge in [0.1, 0.15) is 5.75 Å². The SMILES string of the molecule is C=CCOC[C@@H](O)CN(CCOC)Cc1c(CC)nn(-c2ccccc2)c1Oc1ccc(C)cc1. The van der Waals surface area contributed by atoms with E-state index in [1.807, 2.05) is 59.3 Å². The second-order valence-electron chi connectivity index (χ2n) is 8.45. The van der Waals surface area contributed by atoms with E-state index in [1.165, 1.54) is 5.56 Å².